The zero-order valence-corrected chi connectivity index (χ0v) is 15.7. The van der Waals surface area contributed by atoms with E-state index in [4.69, 9.17) is 9.97 Å². The van der Waals surface area contributed by atoms with Crippen LogP contribution in [-0.2, 0) is 0 Å². The molecule has 6 rings (SSSR count). The first-order valence-electron chi connectivity index (χ1n) is 9.65. The molecule has 0 saturated heterocycles. The van der Waals surface area contributed by atoms with Gasteiger partial charge in [0.1, 0.15) is 11.6 Å². The van der Waals surface area contributed by atoms with Crippen LogP contribution in [0.5, 0.6) is 0 Å². The average molecular weight is 392 g/mol. The molecule has 142 valence electrons. The number of fused-ring (bicyclic) bond motifs is 4. The van der Waals surface area contributed by atoms with Crippen molar-refractivity contribution in [1.82, 2.24) is 9.97 Å². The Labute approximate surface area is 170 Å². The van der Waals surface area contributed by atoms with Gasteiger partial charge < -0.3 is 0 Å². The van der Waals surface area contributed by atoms with E-state index >= 15 is 0 Å². The number of rotatable bonds is 1. The molecular formula is C26H14F2N2. The molecule has 0 fully saturated rings. The Morgan fingerprint density at radius 2 is 0.833 bits per heavy atom. The van der Waals surface area contributed by atoms with Crippen LogP contribution in [0.3, 0.4) is 0 Å². The van der Waals surface area contributed by atoms with Crippen molar-refractivity contribution in [3.63, 3.8) is 0 Å². The summed E-state index contributed by atoms with van der Waals surface area (Å²) in [6.45, 7) is 0. The van der Waals surface area contributed by atoms with E-state index < -0.39 is 0 Å². The molecule has 0 atom stereocenters. The lowest BCUT2D eigenvalue weighted by atomic mass is 9.90. The van der Waals surface area contributed by atoms with Gasteiger partial charge in [0.2, 0.25) is 0 Å². The number of benzene rings is 4. The molecule has 4 aromatic carbocycles. The second-order valence-electron chi connectivity index (χ2n) is 7.33. The van der Waals surface area contributed by atoms with Gasteiger partial charge in [-0.15, -0.1) is 0 Å². The molecule has 0 saturated carbocycles. The summed E-state index contributed by atoms with van der Waals surface area (Å²) < 4.78 is 28.6. The fraction of sp³-hybridized carbons (Fsp3) is 0. The maximum Gasteiger partial charge on any atom is 0.123 e. The van der Waals surface area contributed by atoms with Crippen molar-refractivity contribution in [3.05, 3.63) is 96.6 Å². The largest absolute Gasteiger partial charge is 0.248 e. The predicted molar refractivity (Wildman–Crippen MR) is 117 cm³/mol. The molecule has 2 aromatic heterocycles. The van der Waals surface area contributed by atoms with Crippen molar-refractivity contribution in [3.8, 4) is 11.1 Å². The van der Waals surface area contributed by atoms with E-state index in [0.717, 1.165) is 32.9 Å². The Kier molecular flexibility index (Phi) is 3.56. The maximum atomic E-state index is 14.3. The van der Waals surface area contributed by atoms with Crippen molar-refractivity contribution in [2.24, 2.45) is 0 Å². The maximum absolute atomic E-state index is 14.3. The molecular weight excluding hydrogens is 378 g/mol. The minimum absolute atomic E-state index is 0.338. The summed E-state index contributed by atoms with van der Waals surface area (Å²) in [5.41, 5.74) is 4.66. The first kappa shape index (κ1) is 17.0. The number of aromatic nitrogens is 2. The van der Waals surface area contributed by atoms with E-state index in [1.807, 2.05) is 48.5 Å². The van der Waals surface area contributed by atoms with Gasteiger partial charge in [-0.1, -0.05) is 36.4 Å². The fourth-order valence-electron chi connectivity index (χ4n) is 4.27. The third-order valence-electron chi connectivity index (χ3n) is 5.53. The highest BCUT2D eigenvalue weighted by Gasteiger charge is 2.18. The topological polar surface area (TPSA) is 25.8 Å². The summed E-state index contributed by atoms with van der Waals surface area (Å²) in [6, 6.07) is 24.8. The van der Waals surface area contributed by atoms with Crippen LogP contribution < -0.4 is 0 Å². The number of hydrogen-bond acceptors (Lipinski definition) is 2. The number of pyridine rings is 2. The lowest BCUT2D eigenvalue weighted by Crippen LogP contribution is -1.94. The van der Waals surface area contributed by atoms with Crippen molar-refractivity contribution in [2.45, 2.75) is 0 Å². The Morgan fingerprint density at radius 3 is 1.30 bits per heavy atom. The summed E-state index contributed by atoms with van der Waals surface area (Å²) >= 11 is 0. The van der Waals surface area contributed by atoms with Crippen LogP contribution in [0.15, 0.2) is 84.9 Å². The highest BCUT2D eigenvalue weighted by molar-refractivity contribution is 6.20. The predicted octanol–water partition coefficient (Wildman–Crippen LogP) is 7.03. The molecule has 0 unspecified atom stereocenters. The van der Waals surface area contributed by atoms with Crippen LogP contribution in [0.25, 0.3) is 54.7 Å². The molecule has 0 radical (unpaired) electrons. The molecule has 2 nitrogen and oxygen atoms in total. The normalized spacial score (nSPS) is 11.7. The van der Waals surface area contributed by atoms with E-state index in [2.05, 4.69) is 0 Å². The van der Waals surface area contributed by atoms with Gasteiger partial charge in [-0.25, -0.2) is 18.7 Å². The molecule has 0 bridgehead atoms. The van der Waals surface area contributed by atoms with Crippen molar-refractivity contribution < 1.29 is 8.78 Å². The van der Waals surface area contributed by atoms with Crippen LogP contribution in [0.1, 0.15) is 0 Å². The second kappa shape index (κ2) is 6.29. The zero-order chi connectivity index (χ0) is 20.2. The lowest BCUT2D eigenvalue weighted by molar-refractivity contribution is 0.629. The fourth-order valence-corrected chi connectivity index (χ4v) is 4.27. The van der Waals surface area contributed by atoms with Crippen LogP contribution in [0, 0.1) is 11.6 Å². The molecule has 0 aliphatic heterocycles. The van der Waals surface area contributed by atoms with Crippen molar-refractivity contribution >= 4 is 43.6 Å². The van der Waals surface area contributed by atoms with Gasteiger partial charge in [-0.3, -0.25) is 0 Å². The lowest BCUT2D eigenvalue weighted by Gasteiger charge is -2.16. The van der Waals surface area contributed by atoms with E-state index in [9.17, 15) is 8.78 Å². The highest BCUT2D eigenvalue weighted by Crippen LogP contribution is 2.42. The molecule has 6 aromatic rings. The van der Waals surface area contributed by atoms with Crippen LogP contribution >= 0.6 is 0 Å². The summed E-state index contributed by atoms with van der Waals surface area (Å²) in [7, 11) is 0. The first-order chi connectivity index (χ1) is 14.7. The number of para-hydroxylation sites is 2. The van der Waals surface area contributed by atoms with Crippen LogP contribution in [0.2, 0.25) is 0 Å². The zero-order valence-electron chi connectivity index (χ0n) is 15.7. The van der Waals surface area contributed by atoms with Crippen LogP contribution in [0.4, 0.5) is 8.78 Å². The van der Waals surface area contributed by atoms with Crippen molar-refractivity contribution in [1.29, 1.82) is 0 Å². The van der Waals surface area contributed by atoms with E-state index in [1.54, 1.807) is 12.1 Å². The van der Waals surface area contributed by atoms with Gasteiger partial charge >= 0.3 is 0 Å². The van der Waals surface area contributed by atoms with Gasteiger partial charge in [0.15, 0.2) is 0 Å². The standard InChI is InChI=1S/C26H14F2N2/c27-15-9-11-23-19(13-15)25(17-5-1-3-7-21(17)29-23)26-18-6-2-4-8-22(18)30-24-12-10-16(28)14-20(24)26/h1-14H. The Bertz CT molecular complexity index is 1500. The Morgan fingerprint density at radius 1 is 0.433 bits per heavy atom. The Balaban J connectivity index is 1.95. The average Bonchev–Trinajstić information content (AvgIpc) is 2.76. The van der Waals surface area contributed by atoms with Gasteiger partial charge in [0.05, 0.1) is 22.1 Å². The molecule has 4 heteroatoms. The molecule has 0 amide bonds. The van der Waals surface area contributed by atoms with Crippen molar-refractivity contribution in [2.75, 3.05) is 0 Å². The Hall–Kier alpha value is -3.92. The molecule has 0 N–H and O–H groups in total. The van der Waals surface area contributed by atoms with Gasteiger partial charge in [-0.2, -0.15) is 0 Å². The first-order valence-corrected chi connectivity index (χ1v) is 9.65. The second-order valence-corrected chi connectivity index (χ2v) is 7.33. The quantitative estimate of drug-likeness (QED) is 0.281. The molecule has 0 aliphatic carbocycles. The summed E-state index contributed by atoms with van der Waals surface area (Å²) in [6.07, 6.45) is 0. The summed E-state index contributed by atoms with van der Waals surface area (Å²) in [4.78, 5) is 9.45. The molecule has 2 heterocycles. The van der Waals surface area contributed by atoms with Gasteiger partial charge in [-0.05, 0) is 48.5 Å². The molecule has 0 aliphatic rings. The highest BCUT2D eigenvalue weighted by atomic mass is 19.1. The summed E-state index contributed by atoms with van der Waals surface area (Å²) in [5.74, 6) is -0.677. The SMILES string of the molecule is Fc1ccc2nc3ccccc3c(-c3c4ccccc4nc4ccc(F)cc34)c2c1. The third kappa shape index (κ3) is 2.47. The monoisotopic (exact) mass is 392 g/mol. The number of halogens is 2. The van der Waals surface area contributed by atoms with Gasteiger partial charge in [0.25, 0.3) is 0 Å². The molecule has 30 heavy (non-hydrogen) atoms. The summed E-state index contributed by atoms with van der Waals surface area (Å²) in [5, 5.41) is 3.15. The van der Waals surface area contributed by atoms with Gasteiger partial charge in [0, 0.05) is 32.7 Å². The third-order valence-corrected chi connectivity index (χ3v) is 5.53. The smallest absolute Gasteiger partial charge is 0.123 e. The molecule has 0 spiro atoms. The van der Waals surface area contributed by atoms with E-state index in [1.165, 1.54) is 24.3 Å². The van der Waals surface area contributed by atoms with E-state index in [0.29, 0.717) is 21.8 Å². The van der Waals surface area contributed by atoms with E-state index in [-0.39, 0.29) is 11.6 Å². The minimum atomic E-state index is -0.338. The number of nitrogens with zero attached hydrogens (tertiary/aromatic N) is 2. The minimum Gasteiger partial charge on any atom is -0.248 e. The van der Waals surface area contributed by atoms with Crippen LogP contribution in [-0.4, -0.2) is 9.97 Å². The number of hydrogen-bond donors (Lipinski definition) is 0.